The first-order valence-corrected chi connectivity index (χ1v) is 6.54. The molecule has 0 heterocycles. The number of nitrogens with one attached hydrogen (secondary N) is 1. The standard InChI is InChI=1S/C16H18N2O2/c1-2-20-15-9-13(8-14(17)10-15)16(19)18-11-12-6-4-3-5-7-12/h3-10H,2,11,17H2,1H3,(H,18,19). The molecule has 0 aliphatic heterocycles. The predicted molar refractivity (Wildman–Crippen MR) is 79.6 cm³/mol. The van der Waals surface area contributed by atoms with E-state index in [1.54, 1.807) is 18.2 Å². The number of nitrogens with two attached hydrogens (primary N) is 1. The van der Waals surface area contributed by atoms with Crippen LogP contribution in [0.3, 0.4) is 0 Å². The highest BCUT2D eigenvalue weighted by Crippen LogP contribution is 2.19. The third-order valence-electron chi connectivity index (χ3n) is 2.80. The van der Waals surface area contributed by atoms with Gasteiger partial charge in [-0.25, -0.2) is 0 Å². The number of rotatable bonds is 5. The van der Waals surface area contributed by atoms with E-state index < -0.39 is 0 Å². The second-order valence-corrected chi connectivity index (χ2v) is 4.39. The van der Waals surface area contributed by atoms with E-state index in [1.165, 1.54) is 0 Å². The van der Waals surface area contributed by atoms with Crippen LogP contribution in [0.25, 0.3) is 0 Å². The Hall–Kier alpha value is -2.49. The van der Waals surface area contributed by atoms with Gasteiger partial charge in [-0.3, -0.25) is 4.79 Å². The van der Waals surface area contributed by atoms with Gasteiger partial charge < -0.3 is 15.8 Å². The predicted octanol–water partition coefficient (Wildman–Crippen LogP) is 2.60. The van der Waals surface area contributed by atoms with E-state index in [1.807, 2.05) is 37.3 Å². The van der Waals surface area contributed by atoms with Crippen molar-refractivity contribution in [3.63, 3.8) is 0 Å². The first-order valence-electron chi connectivity index (χ1n) is 6.54. The van der Waals surface area contributed by atoms with Gasteiger partial charge in [0.1, 0.15) is 5.75 Å². The SMILES string of the molecule is CCOc1cc(N)cc(C(=O)NCc2ccccc2)c1. The molecule has 4 nitrogen and oxygen atoms in total. The number of carbonyl (C=O) groups excluding carboxylic acids is 1. The van der Waals surface area contributed by atoms with Gasteiger partial charge in [0.15, 0.2) is 0 Å². The Kier molecular flexibility index (Phi) is 4.60. The summed E-state index contributed by atoms with van der Waals surface area (Å²) in [6.07, 6.45) is 0. The van der Waals surface area contributed by atoms with Crippen molar-refractivity contribution in [2.75, 3.05) is 12.3 Å². The van der Waals surface area contributed by atoms with Crippen molar-refractivity contribution in [1.29, 1.82) is 0 Å². The van der Waals surface area contributed by atoms with Gasteiger partial charge in [0.25, 0.3) is 5.91 Å². The van der Waals surface area contributed by atoms with Crippen LogP contribution in [0.2, 0.25) is 0 Å². The highest BCUT2D eigenvalue weighted by molar-refractivity contribution is 5.95. The van der Waals surface area contributed by atoms with Gasteiger partial charge in [-0.1, -0.05) is 30.3 Å². The number of carbonyl (C=O) groups is 1. The summed E-state index contributed by atoms with van der Waals surface area (Å²) < 4.78 is 5.38. The molecule has 0 bridgehead atoms. The zero-order chi connectivity index (χ0) is 14.4. The van der Waals surface area contributed by atoms with Crippen LogP contribution in [0.1, 0.15) is 22.8 Å². The highest BCUT2D eigenvalue weighted by atomic mass is 16.5. The largest absolute Gasteiger partial charge is 0.494 e. The summed E-state index contributed by atoms with van der Waals surface area (Å²) in [5.41, 5.74) is 7.84. The second-order valence-electron chi connectivity index (χ2n) is 4.39. The lowest BCUT2D eigenvalue weighted by Gasteiger charge is -2.09. The van der Waals surface area contributed by atoms with Crippen molar-refractivity contribution >= 4 is 11.6 Å². The molecule has 2 aromatic rings. The quantitative estimate of drug-likeness (QED) is 0.821. The normalized spacial score (nSPS) is 10.1. The first-order chi connectivity index (χ1) is 9.69. The Balaban J connectivity index is 2.05. The Labute approximate surface area is 118 Å². The fraction of sp³-hybridized carbons (Fsp3) is 0.188. The van der Waals surface area contributed by atoms with Crippen molar-refractivity contribution in [2.24, 2.45) is 0 Å². The minimum atomic E-state index is -0.165. The molecule has 20 heavy (non-hydrogen) atoms. The van der Waals surface area contributed by atoms with Crippen LogP contribution in [-0.2, 0) is 6.54 Å². The minimum absolute atomic E-state index is 0.165. The van der Waals surface area contributed by atoms with E-state index in [4.69, 9.17) is 10.5 Å². The zero-order valence-corrected chi connectivity index (χ0v) is 11.4. The molecule has 0 unspecified atom stereocenters. The third kappa shape index (κ3) is 3.75. The maximum atomic E-state index is 12.1. The Bertz CT molecular complexity index is 582. The molecule has 2 rings (SSSR count). The van der Waals surface area contributed by atoms with Gasteiger partial charge in [-0.05, 0) is 24.6 Å². The van der Waals surface area contributed by atoms with Gasteiger partial charge in [0, 0.05) is 23.9 Å². The first kappa shape index (κ1) is 13.9. The van der Waals surface area contributed by atoms with Crippen LogP contribution in [0.15, 0.2) is 48.5 Å². The van der Waals surface area contributed by atoms with Crippen molar-refractivity contribution in [1.82, 2.24) is 5.32 Å². The average Bonchev–Trinajstić information content (AvgIpc) is 2.45. The van der Waals surface area contributed by atoms with Crippen molar-refractivity contribution in [3.05, 3.63) is 59.7 Å². The summed E-state index contributed by atoms with van der Waals surface area (Å²) in [5, 5.41) is 2.86. The van der Waals surface area contributed by atoms with E-state index >= 15 is 0 Å². The van der Waals surface area contributed by atoms with Crippen LogP contribution < -0.4 is 15.8 Å². The molecule has 3 N–H and O–H groups in total. The van der Waals surface area contributed by atoms with Gasteiger partial charge in [0.2, 0.25) is 0 Å². The lowest BCUT2D eigenvalue weighted by atomic mass is 10.1. The highest BCUT2D eigenvalue weighted by Gasteiger charge is 2.08. The summed E-state index contributed by atoms with van der Waals surface area (Å²) in [4.78, 5) is 12.1. The lowest BCUT2D eigenvalue weighted by Crippen LogP contribution is -2.22. The zero-order valence-electron chi connectivity index (χ0n) is 11.4. The molecule has 4 heteroatoms. The molecule has 0 radical (unpaired) electrons. The summed E-state index contributed by atoms with van der Waals surface area (Å²) in [6, 6.07) is 14.8. The number of amides is 1. The Morgan fingerprint density at radius 3 is 2.65 bits per heavy atom. The van der Waals surface area contributed by atoms with Crippen LogP contribution in [0.4, 0.5) is 5.69 Å². The lowest BCUT2D eigenvalue weighted by molar-refractivity contribution is 0.0950. The smallest absolute Gasteiger partial charge is 0.251 e. The van der Waals surface area contributed by atoms with E-state index in [9.17, 15) is 4.79 Å². The summed E-state index contributed by atoms with van der Waals surface area (Å²) >= 11 is 0. The fourth-order valence-electron chi connectivity index (χ4n) is 1.88. The number of hydrogen-bond acceptors (Lipinski definition) is 3. The molecule has 0 aliphatic carbocycles. The van der Waals surface area contributed by atoms with E-state index in [2.05, 4.69) is 5.32 Å². The topological polar surface area (TPSA) is 64.3 Å². The van der Waals surface area contributed by atoms with Crippen LogP contribution in [-0.4, -0.2) is 12.5 Å². The maximum Gasteiger partial charge on any atom is 0.251 e. The summed E-state index contributed by atoms with van der Waals surface area (Å²) in [5.74, 6) is 0.444. The van der Waals surface area contributed by atoms with Crippen LogP contribution in [0, 0.1) is 0 Å². The molecule has 104 valence electrons. The monoisotopic (exact) mass is 270 g/mol. The van der Waals surface area contributed by atoms with E-state index in [0.29, 0.717) is 30.2 Å². The molecule has 2 aromatic carbocycles. The third-order valence-corrected chi connectivity index (χ3v) is 2.80. The molecule has 0 fully saturated rings. The Morgan fingerprint density at radius 2 is 1.95 bits per heavy atom. The Morgan fingerprint density at radius 1 is 1.20 bits per heavy atom. The molecule has 0 atom stereocenters. The summed E-state index contributed by atoms with van der Waals surface area (Å²) in [6.45, 7) is 2.91. The second kappa shape index (κ2) is 6.61. The van der Waals surface area contributed by atoms with Crippen molar-refractivity contribution in [3.8, 4) is 5.75 Å². The fourth-order valence-corrected chi connectivity index (χ4v) is 1.88. The minimum Gasteiger partial charge on any atom is -0.494 e. The van der Waals surface area contributed by atoms with Gasteiger partial charge in [-0.2, -0.15) is 0 Å². The van der Waals surface area contributed by atoms with Gasteiger partial charge in [-0.15, -0.1) is 0 Å². The maximum absolute atomic E-state index is 12.1. The van der Waals surface area contributed by atoms with Crippen molar-refractivity contribution in [2.45, 2.75) is 13.5 Å². The van der Waals surface area contributed by atoms with Crippen LogP contribution >= 0.6 is 0 Å². The number of hydrogen-bond donors (Lipinski definition) is 2. The number of ether oxygens (including phenoxy) is 1. The van der Waals surface area contributed by atoms with E-state index in [-0.39, 0.29) is 5.91 Å². The average molecular weight is 270 g/mol. The van der Waals surface area contributed by atoms with Crippen molar-refractivity contribution < 1.29 is 9.53 Å². The number of anilines is 1. The van der Waals surface area contributed by atoms with Crippen LogP contribution in [0.5, 0.6) is 5.75 Å². The molecule has 0 aliphatic rings. The van der Waals surface area contributed by atoms with Gasteiger partial charge >= 0.3 is 0 Å². The summed E-state index contributed by atoms with van der Waals surface area (Å²) in [7, 11) is 0. The van der Waals surface area contributed by atoms with Gasteiger partial charge in [0.05, 0.1) is 6.61 Å². The molecule has 0 spiro atoms. The van der Waals surface area contributed by atoms with E-state index in [0.717, 1.165) is 5.56 Å². The number of benzene rings is 2. The molecule has 0 aromatic heterocycles. The number of nitrogen functional groups attached to an aromatic ring is 1. The molecule has 1 amide bonds. The molecular formula is C16H18N2O2. The molecule has 0 saturated carbocycles. The molecule has 0 saturated heterocycles. The molecular weight excluding hydrogens is 252 g/mol.